The average molecular weight is 552 g/mol. The minimum Gasteiger partial charge on any atom is -0.480 e. The van der Waals surface area contributed by atoms with Crippen molar-refractivity contribution in [2.24, 2.45) is 11.7 Å². The zero-order chi connectivity index (χ0) is 29.4. The Morgan fingerprint density at radius 3 is 2.08 bits per heavy atom. The third kappa shape index (κ3) is 7.90. The van der Waals surface area contributed by atoms with Crippen LogP contribution in [0.15, 0.2) is 60.8 Å². The van der Waals surface area contributed by atoms with Crippen LogP contribution in [0, 0.1) is 5.92 Å². The molecule has 8 N–H and O–H groups in total. The van der Waals surface area contributed by atoms with Gasteiger partial charge in [0.2, 0.25) is 17.7 Å². The van der Waals surface area contributed by atoms with Crippen molar-refractivity contribution in [3.63, 3.8) is 0 Å². The van der Waals surface area contributed by atoms with Crippen LogP contribution in [0.25, 0.3) is 10.9 Å². The third-order valence-corrected chi connectivity index (χ3v) is 6.66. The summed E-state index contributed by atoms with van der Waals surface area (Å²) in [6.07, 6.45) is 0.648. The van der Waals surface area contributed by atoms with E-state index in [-0.39, 0.29) is 12.8 Å². The molecule has 0 aliphatic heterocycles. The summed E-state index contributed by atoms with van der Waals surface area (Å²) in [6.45, 7) is 4.65. The quantitative estimate of drug-likeness (QED) is 0.164. The number of carbonyl (C=O) groups is 4. The average Bonchev–Trinajstić information content (AvgIpc) is 3.32. The summed E-state index contributed by atoms with van der Waals surface area (Å²) in [4.78, 5) is 54.3. The van der Waals surface area contributed by atoms with Gasteiger partial charge in [0.1, 0.15) is 18.1 Å². The monoisotopic (exact) mass is 551 g/mol. The normalized spacial score (nSPS) is 15.1. The molecule has 0 spiro atoms. The second-order valence-electron chi connectivity index (χ2n) is 10.2. The van der Waals surface area contributed by atoms with E-state index < -0.39 is 59.9 Å². The Morgan fingerprint density at radius 1 is 0.825 bits per heavy atom. The molecule has 214 valence electrons. The lowest BCUT2D eigenvalue weighted by Crippen LogP contribution is -2.60. The molecule has 1 aromatic heterocycles. The van der Waals surface area contributed by atoms with E-state index in [1.54, 1.807) is 20.0 Å². The maximum Gasteiger partial charge on any atom is 0.326 e. The fourth-order valence-electron chi connectivity index (χ4n) is 4.38. The van der Waals surface area contributed by atoms with Gasteiger partial charge in [0, 0.05) is 23.5 Å². The Hall–Kier alpha value is -4.22. The van der Waals surface area contributed by atoms with Gasteiger partial charge in [-0.25, -0.2) is 4.79 Å². The highest BCUT2D eigenvalue weighted by Crippen LogP contribution is 2.19. The number of fused-ring (bicyclic) bond motifs is 1. The molecule has 11 heteroatoms. The third-order valence-electron chi connectivity index (χ3n) is 6.66. The minimum absolute atomic E-state index is 0.0278. The van der Waals surface area contributed by atoms with E-state index in [9.17, 15) is 29.4 Å². The van der Waals surface area contributed by atoms with Crippen molar-refractivity contribution in [3.05, 3.63) is 71.9 Å². The number of carbonyl (C=O) groups excluding carboxylic acids is 3. The number of hydrogen-bond donors (Lipinski definition) is 7. The Bertz CT molecular complexity index is 1320. The molecule has 1 heterocycles. The number of aromatic nitrogens is 1. The van der Waals surface area contributed by atoms with Gasteiger partial charge in [-0.05, 0) is 36.5 Å². The number of aliphatic hydroxyl groups is 1. The van der Waals surface area contributed by atoms with Gasteiger partial charge >= 0.3 is 5.97 Å². The topological polar surface area (TPSA) is 187 Å². The zero-order valence-corrected chi connectivity index (χ0v) is 22.8. The van der Waals surface area contributed by atoms with Crippen molar-refractivity contribution in [1.29, 1.82) is 0 Å². The van der Waals surface area contributed by atoms with Gasteiger partial charge in [0.15, 0.2) is 0 Å². The highest BCUT2D eigenvalue weighted by Gasteiger charge is 2.33. The molecule has 11 nitrogen and oxygen atoms in total. The number of aliphatic carboxylic acids is 1. The first-order valence-electron chi connectivity index (χ1n) is 13.1. The van der Waals surface area contributed by atoms with E-state index >= 15 is 0 Å². The molecule has 0 unspecified atom stereocenters. The Labute approximate surface area is 232 Å². The highest BCUT2D eigenvalue weighted by atomic mass is 16.4. The number of rotatable bonds is 13. The number of hydrogen-bond acceptors (Lipinski definition) is 6. The van der Waals surface area contributed by atoms with Crippen LogP contribution in [-0.2, 0) is 32.0 Å². The lowest BCUT2D eigenvalue weighted by atomic mass is 10.0. The summed E-state index contributed by atoms with van der Waals surface area (Å²) in [5, 5.41) is 28.3. The van der Waals surface area contributed by atoms with Crippen LogP contribution < -0.4 is 21.7 Å². The van der Waals surface area contributed by atoms with Crippen LogP contribution in [0.5, 0.6) is 0 Å². The molecule has 0 saturated carbocycles. The fourth-order valence-corrected chi connectivity index (χ4v) is 4.38. The summed E-state index contributed by atoms with van der Waals surface area (Å²) in [7, 11) is 0. The number of para-hydroxylation sites is 1. The molecule has 3 rings (SSSR count). The Balaban J connectivity index is 1.80. The van der Waals surface area contributed by atoms with Crippen molar-refractivity contribution in [3.8, 4) is 0 Å². The minimum atomic E-state index is -1.41. The van der Waals surface area contributed by atoms with Crippen molar-refractivity contribution < 1.29 is 29.4 Å². The number of nitrogens with two attached hydrogens (primary N) is 1. The summed E-state index contributed by atoms with van der Waals surface area (Å²) >= 11 is 0. The lowest BCUT2D eigenvalue weighted by molar-refractivity contribution is -0.143. The smallest absolute Gasteiger partial charge is 0.326 e. The van der Waals surface area contributed by atoms with Crippen molar-refractivity contribution >= 4 is 34.6 Å². The van der Waals surface area contributed by atoms with E-state index in [4.69, 9.17) is 5.73 Å². The fraction of sp³-hybridized carbons (Fsp3) is 0.379. The number of benzene rings is 2. The number of carboxylic acid groups (broad SMARTS) is 1. The molecule has 0 aliphatic rings. The highest BCUT2D eigenvalue weighted by molar-refractivity contribution is 5.95. The molecule has 5 atom stereocenters. The number of nitrogens with one attached hydrogen (secondary N) is 4. The first kappa shape index (κ1) is 30.3. The largest absolute Gasteiger partial charge is 0.480 e. The van der Waals surface area contributed by atoms with Gasteiger partial charge in [0.25, 0.3) is 0 Å². The van der Waals surface area contributed by atoms with Crippen molar-refractivity contribution in [1.82, 2.24) is 20.9 Å². The zero-order valence-electron chi connectivity index (χ0n) is 22.8. The molecule has 0 fully saturated rings. The van der Waals surface area contributed by atoms with Crippen molar-refractivity contribution in [2.75, 3.05) is 0 Å². The van der Waals surface area contributed by atoms with Gasteiger partial charge in [0.05, 0.1) is 12.1 Å². The predicted octanol–water partition coefficient (Wildman–Crippen LogP) is 0.856. The SMILES string of the molecule is CC(C)[C@H](NC(=O)[C@H](Cc1c[nH]c2ccccc12)NC(=O)[C@@H](NC(=O)[C@@H](N)Cc1ccccc1)[C@@H](C)O)C(=O)O. The molecule has 3 aromatic rings. The second kappa shape index (κ2) is 13.7. The van der Waals surface area contributed by atoms with E-state index in [1.807, 2.05) is 54.6 Å². The molecule has 0 saturated heterocycles. The molecular weight excluding hydrogens is 514 g/mol. The van der Waals surface area contributed by atoms with E-state index in [0.29, 0.717) is 0 Å². The van der Waals surface area contributed by atoms with Gasteiger partial charge in [-0.3, -0.25) is 14.4 Å². The summed E-state index contributed by atoms with van der Waals surface area (Å²) in [5.41, 5.74) is 8.43. The molecular formula is C29H37N5O6. The maximum atomic E-state index is 13.3. The lowest BCUT2D eigenvalue weighted by Gasteiger charge is -2.27. The summed E-state index contributed by atoms with van der Waals surface area (Å²) in [5.74, 6) is -3.79. The van der Waals surface area contributed by atoms with Crippen LogP contribution in [0.3, 0.4) is 0 Å². The molecule has 2 aromatic carbocycles. The molecule has 0 bridgehead atoms. The van der Waals surface area contributed by atoms with Crippen molar-refractivity contribution in [2.45, 2.75) is 63.9 Å². The van der Waals surface area contributed by atoms with Crippen LogP contribution in [0.2, 0.25) is 0 Å². The standard InChI is InChI=1S/C29H37N5O6/c1-16(2)24(29(39)40)33-27(37)23(14-19-15-31-22-12-8-7-11-20(19)22)32-28(38)25(17(3)35)34-26(36)21(30)13-18-9-5-4-6-10-18/h4-12,15-17,21,23-25,31,35H,13-14,30H2,1-3H3,(H,32,38)(H,33,37)(H,34,36)(H,39,40)/t17-,21+,23+,24+,25+/m1/s1. The first-order chi connectivity index (χ1) is 19.0. The number of carboxylic acids is 1. The van der Waals surface area contributed by atoms with Crippen LogP contribution in [-0.4, -0.2) is 69.2 Å². The van der Waals surface area contributed by atoms with Crippen LogP contribution in [0.4, 0.5) is 0 Å². The predicted molar refractivity (Wildman–Crippen MR) is 150 cm³/mol. The maximum absolute atomic E-state index is 13.3. The molecule has 40 heavy (non-hydrogen) atoms. The Morgan fingerprint density at radius 2 is 1.45 bits per heavy atom. The first-order valence-corrected chi connectivity index (χ1v) is 13.1. The molecule has 0 radical (unpaired) electrons. The summed E-state index contributed by atoms with van der Waals surface area (Å²) in [6, 6.07) is 11.8. The van der Waals surface area contributed by atoms with Gasteiger partial charge in [-0.2, -0.15) is 0 Å². The number of aromatic amines is 1. The molecule has 3 amide bonds. The van der Waals surface area contributed by atoms with Crippen LogP contribution >= 0.6 is 0 Å². The molecule has 0 aliphatic carbocycles. The van der Waals surface area contributed by atoms with Crippen LogP contribution in [0.1, 0.15) is 31.9 Å². The van der Waals surface area contributed by atoms with E-state index in [0.717, 1.165) is 22.0 Å². The number of amides is 3. The van der Waals surface area contributed by atoms with Gasteiger partial charge < -0.3 is 36.9 Å². The second-order valence-corrected chi connectivity index (χ2v) is 10.2. The number of aliphatic hydroxyl groups excluding tert-OH is 1. The van der Waals surface area contributed by atoms with E-state index in [1.165, 1.54) is 6.92 Å². The Kier molecular flexibility index (Phi) is 10.4. The van der Waals surface area contributed by atoms with E-state index in [2.05, 4.69) is 20.9 Å². The number of H-pyrrole nitrogens is 1. The van der Waals surface area contributed by atoms with Gasteiger partial charge in [-0.15, -0.1) is 0 Å². The van der Waals surface area contributed by atoms with Gasteiger partial charge in [-0.1, -0.05) is 62.4 Å². The summed E-state index contributed by atoms with van der Waals surface area (Å²) < 4.78 is 0.